The fourth-order valence-electron chi connectivity index (χ4n) is 3.09. The monoisotopic (exact) mass is 265 g/mol. The third kappa shape index (κ3) is 2.60. The van der Waals surface area contributed by atoms with Gasteiger partial charge in [-0.25, -0.2) is 0 Å². The van der Waals surface area contributed by atoms with Gasteiger partial charge in [-0.2, -0.15) is 0 Å². The average Bonchev–Trinajstić information content (AvgIpc) is 2.82. The minimum atomic E-state index is -0.289. The van der Waals surface area contributed by atoms with Crippen LogP contribution in [0.5, 0.6) is 0 Å². The Morgan fingerprint density at radius 1 is 0.850 bits per heavy atom. The van der Waals surface area contributed by atoms with Gasteiger partial charge in [-0.15, -0.1) is 0 Å². The number of rotatable bonds is 4. The standard InChI is InChI=1S/C18H19NO/c20-17-18(11-12-19-17,13-15-7-3-1-4-8-15)14-16-9-5-2-6-10-16/h1-10H,11-14H2,(H,19,20). The van der Waals surface area contributed by atoms with Gasteiger partial charge in [0, 0.05) is 6.54 Å². The van der Waals surface area contributed by atoms with Crippen molar-refractivity contribution in [3.63, 3.8) is 0 Å². The molecule has 2 aromatic rings. The summed E-state index contributed by atoms with van der Waals surface area (Å²) in [4.78, 5) is 12.4. The Hall–Kier alpha value is -2.09. The van der Waals surface area contributed by atoms with Crippen molar-refractivity contribution in [1.82, 2.24) is 5.32 Å². The molecule has 2 aromatic carbocycles. The van der Waals surface area contributed by atoms with Crippen molar-refractivity contribution in [3.05, 3.63) is 71.8 Å². The Morgan fingerprint density at radius 2 is 1.35 bits per heavy atom. The molecule has 1 N–H and O–H groups in total. The lowest BCUT2D eigenvalue weighted by molar-refractivity contribution is -0.127. The van der Waals surface area contributed by atoms with E-state index < -0.39 is 0 Å². The van der Waals surface area contributed by atoms with Crippen LogP contribution in [0.15, 0.2) is 60.7 Å². The quantitative estimate of drug-likeness (QED) is 0.904. The molecule has 20 heavy (non-hydrogen) atoms. The summed E-state index contributed by atoms with van der Waals surface area (Å²) in [5.74, 6) is 0.199. The molecule has 0 bridgehead atoms. The topological polar surface area (TPSA) is 29.1 Å². The normalized spacial score (nSPS) is 16.9. The van der Waals surface area contributed by atoms with E-state index in [1.807, 2.05) is 36.4 Å². The van der Waals surface area contributed by atoms with Gasteiger partial charge in [-0.05, 0) is 30.4 Å². The average molecular weight is 265 g/mol. The summed E-state index contributed by atoms with van der Waals surface area (Å²) >= 11 is 0. The van der Waals surface area contributed by atoms with E-state index in [1.165, 1.54) is 11.1 Å². The second-order valence-electron chi connectivity index (χ2n) is 5.61. The van der Waals surface area contributed by atoms with E-state index in [1.54, 1.807) is 0 Å². The van der Waals surface area contributed by atoms with Crippen LogP contribution in [0.3, 0.4) is 0 Å². The molecular formula is C18H19NO. The number of hydrogen-bond donors (Lipinski definition) is 1. The van der Waals surface area contributed by atoms with E-state index in [0.29, 0.717) is 0 Å². The van der Waals surface area contributed by atoms with Crippen molar-refractivity contribution in [2.24, 2.45) is 5.41 Å². The second kappa shape index (κ2) is 5.49. The molecule has 2 heteroatoms. The molecule has 2 nitrogen and oxygen atoms in total. The van der Waals surface area contributed by atoms with Crippen LogP contribution in [0.4, 0.5) is 0 Å². The highest BCUT2D eigenvalue weighted by atomic mass is 16.2. The van der Waals surface area contributed by atoms with Gasteiger partial charge in [0.15, 0.2) is 0 Å². The second-order valence-corrected chi connectivity index (χ2v) is 5.61. The van der Waals surface area contributed by atoms with E-state index in [0.717, 1.165) is 25.8 Å². The van der Waals surface area contributed by atoms with Crippen LogP contribution in [-0.2, 0) is 17.6 Å². The molecule has 0 aliphatic carbocycles. The van der Waals surface area contributed by atoms with Crippen molar-refractivity contribution in [2.45, 2.75) is 19.3 Å². The number of carbonyl (C=O) groups is 1. The van der Waals surface area contributed by atoms with Crippen molar-refractivity contribution < 1.29 is 4.79 Å². The van der Waals surface area contributed by atoms with E-state index in [2.05, 4.69) is 29.6 Å². The number of nitrogens with one attached hydrogen (secondary N) is 1. The summed E-state index contributed by atoms with van der Waals surface area (Å²) in [6.07, 6.45) is 2.54. The maximum atomic E-state index is 12.4. The highest BCUT2D eigenvalue weighted by molar-refractivity contribution is 5.85. The summed E-state index contributed by atoms with van der Waals surface area (Å²) in [5.41, 5.74) is 2.18. The predicted molar refractivity (Wildman–Crippen MR) is 80.4 cm³/mol. The highest BCUT2D eigenvalue weighted by Gasteiger charge is 2.42. The molecule has 1 aliphatic rings. The zero-order valence-corrected chi connectivity index (χ0v) is 11.5. The van der Waals surface area contributed by atoms with Crippen LogP contribution >= 0.6 is 0 Å². The third-order valence-corrected chi connectivity index (χ3v) is 4.14. The Labute approximate surface area is 119 Å². The molecule has 0 aromatic heterocycles. The summed E-state index contributed by atoms with van der Waals surface area (Å²) in [6.45, 7) is 0.790. The molecule has 1 heterocycles. The molecule has 1 amide bonds. The first-order valence-corrected chi connectivity index (χ1v) is 7.15. The lowest BCUT2D eigenvalue weighted by Gasteiger charge is -2.26. The van der Waals surface area contributed by atoms with Gasteiger partial charge in [0.25, 0.3) is 0 Å². The molecular weight excluding hydrogens is 246 g/mol. The Kier molecular flexibility index (Phi) is 3.55. The fraction of sp³-hybridized carbons (Fsp3) is 0.278. The van der Waals surface area contributed by atoms with Crippen LogP contribution in [0, 0.1) is 5.41 Å². The zero-order valence-electron chi connectivity index (χ0n) is 11.5. The smallest absolute Gasteiger partial charge is 0.226 e. The molecule has 0 saturated carbocycles. The van der Waals surface area contributed by atoms with E-state index in [9.17, 15) is 4.79 Å². The van der Waals surface area contributed by atoms with Gasteiger partial charge in [0.05, 0.1) is 5.41 Å². The van der Waals surface area contributed by atoms with E-state index in [-0.39, 0.29) is 11.3 Å². The van der Waals surface area contributed by atoms with Gasteiger partial charge in [-0.1, -0.05) is 60.7 Å². The maximum Gasteiger partial charge on any atom is 0.226 e. The molecule has 1 fully saturated rings. The van der Waals surface area contributed by atoms with Gasteiger partial charge in [-0.3, -0.25) is 4.79 Å². The summed E-state index contributed by atoms with van der Waals surface area (Å²) in [6, 6.07) is 20.6. The third-order valence-electron chi connectivity index (χ3n) is 4.14. The zero-order chi connectivity index (χ0) is 13.8. The van der Waals surface area contributed by atoms with Gasteiger partial charge >= 0.3 is 0 Å². The molecule has 1 saturated heterocycles. The summed E-state index contributed by atoms with van der Waals surface area (Å²) in [7, 11) is 0. The van der Waals surface area contributed by atoms with Crippen LogP contribution in [0.25, 0.3) is 0 Å². The van der Waals surface area contributed by atoms with Gasteiger partial charge in [0.1, 0.15) is 0 Å². The molecule has 0 radical (unpaired) electrons. The molecule has 1 aliphatic heterocycles. The SMILES string of the molecule is O=C1NCCC1(Cc1ccccc1)Cc1ccccc1. The lowest BCUT2D eigenvalue weighted by Crippen LogP contribution is -2.35. The first-order valence-electron chi connectivity index (χ1n) is 7.15. The Morgan fingerprint density at radius 3 is 1.75 bits per heavy atom. The predicted octanol–water partition coefficient (Wildman–Crippen LogP) is 2.98. The van der Waals surface area contributed by atoms with Gasteiger partial charge < -0.3 is 5.32 Å². The van der Waals surface area contributed by atoms with E-state index >= 15 is 0 Å². The number of hydrogen-bond acceptors (Lipinski definition) is 1. The van der Waals surface area contributed by atoms with Crippen LogP contribution in [0.1, 0.15) is 17.5 Å². The molecule has 0 spiro atoms. The molecule has 0 atom stereocenters. The van der Waals surface area contributed by atoms with Crippen molar-refractivity contribution >= 4 is 5.91 Å². The molecule has 0 unspecified atom stereocenters. The largest absolute Gasteiger partial charge is 0.356 e. The Bertz CT molecular complexity index is 535. The van der Waals surface area contributed by atoms with Crippen molar-refractivity contribution in [3.8, 4) is 0 Å². The van der Waals surface area contributed by atoms with Crippen molar-refractivity contribution in [1.29, 1.82) is 0 Å². The first kappa shape index (κ1) is 12.9. The fourth-order valence-corrected chi connectivity index (χ4v) is 3.09. The maximum absolute atomic E-state index is 12.4. The van der Waals surface area contributed by atoms with Crippen LogP contribution in [-0.4, -0.2) is 12.5 Å². The lowest BCUT2D eigenvalue weighted by atomic mass is 9.75. The minimum absolute atomic E-state index is 0.199. The number of carbonyl (C=O) groups excluding carboxylic acids is 1. The molecule has 102 valence electrons. The van der Waals surface area contributed by atoms with Crippen LogP contribution < -0.4 is 5.32 Å². The Balaban J connectivity index is 1.87. The summed E-state index contributed by atoms with van der Waals surface area (Å²) in [5, 5.41) is 3.01. The van der Waals surface area contributed by atoms with Crippen LogP contribution in [0.2, 0.25) is 0 Å². The van der Waals surface area contributed by atoms with E-state index in [4.69, 9.17) is 0 Å². The number of amides is 1. The van der Waals surface area contributed by atoms with Crippen molar-refractivity contribution in [2.75, 3.05) is 6.54 Å². The first-order chi connectivity index (χ1) is 9.78. The summed E-state index contributed by atoms with van der Waals surface area (Å²) < 4.78 is 0. The highest BCUT2D eigenvalue weighted by Crippen LogP contribution is 2.35. The molecule has 3 rings (SSSR count). The van der Waals surface area contributed by atoms with Gasteiger partial charge in [0.2, 0.25) is 5.91 Å². The number of benzene rings is 2. The minimum Gasteiger partial charge on any atom is -0.356 e.